The Labute approximate surface area is 78.1 Å². The lowest BCUT2D eigenvalue weighted by Crippen LogP contribution is -2.29. The number of nitrogens with zero attached hydrogens (tertiary/aromatic N) is 1. The van der Waals surface area contributed by atoms with Gasteiger partial charge in [-0.3, -0.25) is 4.90 Å². The fourth-order valence-corrected chi connectivity index (χ4v) is 1.89. The number of rotatable bonds is 2. The molecule has 0 bridgehead atoms. The van der Waals surface area contributed by atoms with Gasteiger partial charge in [-0.2, -0.15) is 0 Å². The van der Waals surface area contributed by atoms with Gasteiger partial charge in [-0.05, 0) is 19.4 Å². The first-order valence-corrected chi connectivity index (χ1v) is 4.31. The third-order valence-electron chi connectivity index (χ3n) is 1.83. The highest BCUT2D eigenvalue weighted by atomic mass is 35.5. The smallest absolute Gasteiger partial charge is 0.0741 e. The summed E-state index contributed by atoms with van der Waals surface area (Å²) in [7, 11) is 0. The normalized spacial score (nSPS) is 26.4. The highest BCUT2D eigenvalue weighted by Gasteiger charge is 2.21. The van der Waals surface area contributed by atoms with Crippen molar-refractivity contribution >= 4 is 35.6 Å². The molecule has 0 saturated carbocycles. The van der Waals surface area contributed by atoms with Crippen LogP contribution in [0.1, 0.15) is 12.8 Å². The van der Waals surface area contributed by atoms with Gasteiger partial charge < -0.3 is 0 Å². The maximum absolute atomic E-state index is 5.68. The third-order valence-corrected chi connectivity index (χ3v) is 2.49. The maximum Gasteiger partial charge on any atom is 0.0741 e. The van der Waals surface area contributed by atoms with Crippen LogP contribution in [-0.2, 0) is 0 Å². The first-order valence-electron chi connectivity index (χ1n) is 3.24. The van der Waals surface area contributed by atoms with E-state index in [1.165, 1.54) is 12.8 Å². The third kappa shape index (κ3) is 2.46. The zero-order chi connectivity index (χ0) is 6.69. The summed E-state index contributed by atoms with van der Waals surface area (Å²) in [5, 5.41) is 0. The molecule has 0 aliphatic carbocycles. The fraction of sp³-hybridized carbons (Fsp3) is 1.00. The Morgan fingerprint density at radius 3 is 2.50 bits per heavy atom. The zero-order valence-corrected chi connectivity index (χ0v) is 8.05. The quantitative estimate of drug-likeness (QED) is 0.493. The summed E-state index contributed by atoms with van der Waals surface area (Å²) in [5.74, 6) is 0.729. The van der Waals surface area contributed by atoms with Crippen LogP contribution in [0.25, 0.3) is 0 Å². The van der Waals surface area contributed by atoms with Gasteiger partial charge in [0.05, 0.1) is 6.00 Å². The number of hydrogen-bond acceptors (Lipinski definition) is 1. The molecule has 1 saturated heterocycles. The second-order valence-electron chi connectivity index (χ2n) is 2.38. The van der Waals surface area contributed by atoms with Crippen LogP contribution in [0.3, 0.4) is 0 Å². The predicted octanol–water partition coefficient (Wildman–Crippen LogP) is 2.31. The van der Waals surface area contributed by atoms with E-state index in [0.29, 0.717) is 12.0 Å². The molecule has 0 N–H and O–H groups in total. The van der Waals surface area contributed by atoms with E-state index in [-0.39, 0.29) is 12.4 Å². The van der Waals surface area contributed by atoms with Gasteiger partial charge in [0, 0.05) is 11.9 Å². The van der Waals surface area contributed by atoms with Crippen molar-refractivity contribution in [3.8, 4) is 0 Å². The lowest BCUT2D eigenvalue weighted by molar-refractivity contribution is 0.317. The highest BCUT2D eigenvalue weighted by Crippen LogP contribution is 2.17. The largest absolute Gasteiger partial charge is 0.286 e. The molecular weight excluding hydrogens is 192 g/mol. The summed E-state index contributed by atoms with van der Waals surface area (Å²) >= 11 is 11.3. The minimum absolute atomic E-state index is 0. The topological polar surface area (TPSA) is 3.24 Å². The number of hydrogen-bond donors (Lipinski definition) is 0. The number of halogens is 3. The molecule has 0 spiro atoms. The van der Waals surface area contributed by atoms with Gasteiger partial charge in [0.1, 0.15) is 0 Å². The summed E-state index contributed by atoms with van der Waals surface area (Å²) in [6.45, 7) is 1.13. The van der Waals surface area contributed by atoms with E-state index in [2.05, 4.69) is 4.90 Å². The molecule has 1 heterocycles. The predicted molar refractivity (Wildman–Crippen MR) is 48.4 cm³/mol. The van der Waals surface area contributed by atoms with Crippen molar-refractivity contribution < 1.29 is 0 Å². The summed E-state index contributed by atoms with van der Waals surface area (Å²) in [6.07, 6.45) is 2.47. The van der Waals surface area contributed by atoms with Crippen LogP contribution in [0, 0.1) is 0 Å². The number of alkyl halides is 2. The summed E-state index contributed by atoms with van der Waals surface area (Å²) in [4.78, 5) is 2.22. The molecule has 1 aliphatic rings. The van der Waals surface area contributed by atoms with Crippen molar-refractivity contribution in [2.24, 2.45) is 0 Å². The standard InChI is InChI=1S/C6H11Cl2N.ClH/c7-4-6-2-1-3-9(6)5-8;/h6H,1-5H2;1H. The van der Waals surface area contributed by atoms with Gasteiger partial charge in [-0.25, -0.2) is 0 Å². The maximum atomic E-state index is 5.68. The molecule has 0 aromatic heterocycles. The minimum Gasteiger partial charge on any atom is -0.286 e. The van der Waals surface area contributed by atoms with Crippen molar-refractivity contribution in [2.45, 2.75) is 18.9 Å². The zero-order valence-electron chi connectivity index (χ0n) is 5.72. The Morgan fingerprint density at radius 1 is 1.40 bits per heavy atom. The van der Waals surface area contributed by atoms with Gasteiger partial charge in [-0.15, -0.1) is 35.6 Å². The molecule has 1 aliphatic heterocycles. The van der Waals surface area contributed by atoms with Gasteiger partial charge >= 0.3 is 0 Å². The van der Waals surface area contributed by atoms with Gasteiger partial charge in [0.15, 0.2) is 0 Å². The Hall–Kier alpha value is 0.830. The lowest BCUT2D eigenvalue weighted by atomic mass is 10.2. The van der Waals surface area contributed by atoms with Crippen LogP contribution >= 0.6 is 35.6 Å². The van der Waals surface area contributed by atoms with E-state index < -0.39 is 0 Å². The number of likely N-dealkylation sites (tertiary alicyclic amines) is 1. The molecule has 4 heteroatoms. The molecule has 1 rings (SSSR count). The van der Waals surface area contributed by atoms with E-state index in [4.69, 9.17) is 23.2 Å². The van der Waals surface area contributed by atoms with Crippen LogP contribution in [0.15, 0.2) is 0 Å². The summed E-state index contributed by atoms with van der Waals surface area (Å²) in [5.41, 5.74) is 0. The average Bonchev–Trinajstić information content (AvgIpc) is 2.33. The molecule has 1 unspecified atom stereocenters. The second kappa shape index (κ2) is 5.48. The second-order valence-corrected chi connectivity index (χ2v) is 2.93. The van der Waals surface area contributed by atoms with E-state index in [1.54, 1.807) is 0 Å². The van der Waals surface area contributed by atoms with Crippen molar-refractivity contribution in [3.63, 3.8) is 0 Å². The molecule has 0 aromatic carbocycles. The summed E-state index contributed by atoms with van der Waals surface area (Å²) < 4.78 is 0. The van der Waals surface area contributed by atoms with E-state index in [0.717, 1.165) is 12.4 Å². The van der Waals surface area contributed by atoms with E-state index in [9.17, 15) is 0 Å². The molecule has 1 fully saturated rings. The first-order chi connectivity index (χ1) is 4.38. The van der Waals surface area contributed by atoms with Crippen molar-refractivity contribution in [1.29, 1.82) is 0 Å². The summed E-state index contributed by atoms with van der Waals surface area (Å²) in [6, 6.07) is 1.18. The van der Waals surface area contributed by atoms with E-state index in [1.807, 2.05) is 0 Å². The molecule has 0 aromatic rings. The van der Waals surface area contributed by atoms with Crippen LogP contribution in [0.2, 0.25) is 0 Å². The lowest BCUT2D eigenvalue weighted by Gasteiger charge is -2.18. The molecule has 1 nitrogen and oxygen atoms in total. The Bertz CT molecular complexity index is 79.1. The minimum atomic E-state index is 0. The highest BCUT2D eigenvalue weighted by molar-refractivity contribution is 6.19. The monoisotopic (exact) mass is 203 g/mol. The molecular formula is C6H12Cl3N. The molecule has 10 heavy (non-hydrogen) atoms. The Kier molecular flexibility index (Phi) is 5.93. The molecule has 1 atom stereocenters. The van der Waals surface area contributed by atoms with Gasteiger partial charge in [-0.1, -0.05) is 0 Å². The van der Waals surface area contributed by atoms with E-state index >= 15 is 0 Å². The van der Waals surface area contributed by atoms with Gasteiger partial charge in [0.25, 0.3) is 0 Å². The SMILES string of the molecule is Cl.ClCC1CCCN1CCl. The molecule has 0 radical (unpaired) electrons. The molecule has 62 valence electrons. The molecule has 0 amide bonds. The van der Waals surface area contributed by atoms with Crippen LogP contribution < -0.4 is 0 Å². The van der Waals surface area contributed by atoms with Crippen LogP contribution in [0.5, 0.6) is 0 Å². The van der Waals surface area contributed by atoms with Gasteiger partial charge in [0.2, 0.25) is 0 Å². The Balaban J connectivity index is 0.000000810. The average molecular weight is 205 g/mol. The van der Waals surface area contributed by atoms with Crippen LogP contribution in [0.4, 0.5) is 0 Å². The van der Waals surface area contributed by atoms with Crippen LogP contribution in [-0.4, -0.2) is 29.4 Å². The van der Waals surface area contributed by atoms with Crippen molar-refractivity contribution in [1.82, 2.24) is 4.90 Å². The Morgan fingerprint density at radius 2 is 2.10 bits per heavy atom. The van der Waals surface area contributed by atoms with Crippen molar-refractivity contribution in [3.05, 3.63) is 0 Å². The first kappa shape index (κ1) is 10.8. The fourth-order valence-electron chi connectivity index (χ4n) is 1.23. The van der Waals surface area contributed by atoms with Crippen molar-refractivity contribution in [2.75, 3.05) is 18.4 Å².